The predicted molar refractivity (Wildman–Crippen MR) is 93.5 cm³/mol. The van der Waals surface area contributed by atoms with Gasteiger partial charge in [-0.05, 0) is 6.42 Å². The summed E-state index contributed by atoms with van der Waals surface area (Å²) in [5.41, 5.74) is 1.96. The molecular weight excluding hydrogens is 352 g/mol. The Morgan fingerprint density at radius 3 is 2.83 bits per heavy atom. The quantitative estimate of drug-likeness (QED) is 0.819. The lowest BCUT2D eigenvalue weighted by Crippen LogP contribution is -2.36. The van der Waals surface area contributed by atoms with E-state index in [4.69, 9.17) is 0 Å². The van der Waals surface area contributed by atoms with Gasteiger partial charge >= 0.3 is 0 Å². The molecule has 0 saturated carbocycles. The molecule has 0 aliphatic carbocycles. The number of carbonyl (C=O) groups is 1. The van der Waals surface area contributed by atoms with Crippen molar-refractivity contribution in [3.8, 4) is 11.3 Å². The Hall–Kier alpha value is -1.38. The predicted octanol–water partition coefficient (Wildman–Crippen LogP) is 2.21. The normalized spacial score (nSPS) is 19.6. The van der Waals surface area contributed by atoms with Crippen molar-refractivity contribution in [2.24, 2.45) is 0 Å². The Kier molecular flexibility index (Phi) is 5.03. The minimum atomic E-state index is -2.97. The van der Waals surface area contributed by atoms with Gasteiger partial charge in [0, 0.05) is 17.0 Å². The molecule has 1 N–H and O–H groups in total. The van der Waals surface area contributed by atoms with E-state index in [1.807, 2.05) is 35.7 Å². The molecule has 2 heterocycles. The number of carbonyl (C=O) groups excluding carboxylic acids is 1. The molecule has 1 atom stereocenters. The standard InChI is InChI=1S/C15H16N2O3S3/c18-14(16-12-6-7-23(19,20)10-12)9-22-15-17-13(8-21-15)11-4-2-1-3-5-11/h1-5,8,12H,6-7,9-10H2,(H,16,18)/t12-/m0/s1. The first-order valence-corrected chi connectivity index (χ1v) is 10.8. The highest BCUT2D eigenvalue weighted by atomic mass is 32.2. The van der Waals surface area contributed by atoms with Gasteiger partial charge in [0.25, 0.3) is 0 Å². The Bertz CT molecular complexity index is 787. The summed E-state index contributed by atoms with van der Waals surface area (Å²) in [6.45, 7) is 0. The van der Waals surface area contributed by atoms with Crippen LogP contribution >= 0.6 is 23.1 Å². The van der Waals surface area contributed by atoms with Crippen molar-refractivity contribution in [3.63, 3.8) is 0 Å². The van der Waals surface area contributed by atoms with E-state index in [1.165, 1.54) is 23.1 Å². The van der Waals surface area contributed by atoms with Gasteiger partial charge in [0.1, 0.15) is 0 Å². The molecule has 1 aromatic heterocycles. The van der Waals surface area contributed by atoms with Crippen LogP contribution in [0, 0.1) is 0 Å². The molecule has 0 spiro atoms. The fourth-order valence-electron chi connectivity index (χ4n) is 2.37. The third-order valence-corrected chi connectivity index (χ3v) is 7.27. The molecule has 1 amide bonds. The Morgan fingerprint density at radius 1 is 1.35 bits per heavy atom. The molecule has 23 heavy (non-hydrogen) atoms. The molecule has 0 unspecified atom stereocenters. The number of benzene rings is 1. The number of thiazole rings is 1. The SMILES string of the molecule is O=C(CSc1nc(-c2ccccc2)cs1)N[C@H]1CCS(=O)(=O)C1. The molecule has 3 rings (SSSR count). The molecule has 8 heteroatoms. The second-order valence-corrected chi connectivity index (χ2v) is 9.63. The van der Waals surface area contributed by atoms with Crippen LogP contribution in [0.2, 0.25) is 0 Å². The van der Waals surface area contributed by atoms with Gasteiger partial charge in [0.15, 0.2) is 14.2 Å². The highest BCUT2D eigenvalue weighted by Gasteiger charge is 2.28. The summed E-state index contributed by atoms with van der Waals surface area (Å²) in [4.78, 5) is 16.4. The maximum atomic E-state index is 11.9. The molecule has 122 valence electrons. The minimum absolute atomic E-state index is 0.0544. The number of rotatable bonds is 5. The van der Waals surface area contributed by atoms with Gasteiger partial charge in [-0.1, -0.05) is 42.1 Å². The lowest BCUT2D eigenvalue weighted by atomic mass is 10.2. The van der Waals surface area contributed by atoms with E-state index < -0.39 is 9.84 Å². The Balaban J connectivity index is 1.51. The molecular formula is C15H16N2O3S3. The van der Waals surface area contributed by atoms with Crippen molar-refractivity contribution in [3.05, 3.63) is 35.7 Å². The number of aromatic nitrogens is 1. The first-order valence-electron chi connectivity index (χ1n) is 7.15. The molecule has 0 bridgehead atoms. The van der Waals surface area contributed by atoms with Crippen molar-refractivity contribution in [1.29, 1.82) is 0 Å². The van der Waals surface area contributed by atoms with Gasteiger partial charge in [-0.15, -0.1) is 11.3 Å². The summed E-state index contributed by atoms with van der Waals surface area (Å²) in [5.74, 6) is 0.323. The number of amides is 1. The molecule has 1 fully saturated rings. The molecule has 1 saturated heterocycles. The minimum Gasteiger partial charge on any atom is -0.352 e. The second-order valence-electron chi connectivity index (χ2n) is 5.32. The van der Waals surface area contributed by atoms with Crippen molar-refractivity contribution >= 4 is 38.8 Å². The zero-order chi connectivity index (χ0) is 16.3. The average molecular weight is 369 g/mol. The highest BCUT2D eigenvalue weighted by molar-refractivity contribution is 8.01. The summed E-state index contributed by atoms with van der Waals surface area (Å²) >= 11 is 2.88. The van der Waals surface area contributed by atoms with Crippen LogP contribution in [0.1, 0.15) is 6.42 Å². The molecule has 1 aromatic carbocycles. The van der Waals surface area contributed by atoms with E-state index in [9.17, 15) is 13.2 Å². The topological polar surface area (TPSA) is 76.1 Å². The van der Waals surface area contributed by atoms with Gasteiger partial charge in [-0.25, -0.2) is 13.4 Å². The van der Waals surface area contributed by atoms with Crippen LogP contribution in [0.5, 0.6) is 0 Å². The van der Waals surface area contributed by atoms with Crippen molar-refractivity contribution in [2.75, 3.05) is 17.3 Å². The van der Waals surface area contributed by atoms with E-state index in [1.54, 1.807) is 0 Å². The average Bonchev–Trinajstić information content (AvgIpc) is 3.13. The van der Waals surface area contributed by atoms with Gasteiger partial charge in [-0.3, -0.25) is 4.79 Å². The number of hydrogen-bond acceptors (Lipinski definition) is 6. The number of thioether (sulfide) groups is 1. The Labute approximate surface area is 143 Å². The van der Waals surface area contributed by atoms with Crippen molar-refractivity contribution < 1.29 is 13.2 Å². The smallest absolute Gasteiger partial charge is 0.230 e. The van der Waals surface area contributed by atoms with Gasteiger partial charge in [0.2, 0.25) is 5.91 Å². The largest absolute Gasteiger partial charge is 0.352 e. The fourth-order valence-corrected chi connectivity index (χ4v) is 5.69. The summed E-state index contributed by atoms with van der Waals surface area (Å²) in [5, 5.41) is 4.75. The van der Waals surface area contributed by atoms with E-state index in [-0.39, 0.29) is 29.2 Å². The van der Waals surface area contributed by atoms with E-state index in [0.717, 1.165) is 15.6 Å². The summed E-state index contributed by atoms with van der Waals surface area (Å²) < 4.78 is 23.6. The number of nitrogens with one attached hydrogen (secondary N) is 1. The van der Waals surface area contributed by atoms with Gasteiger partial charge < -0.3 is 5.32 Å². The third kappa shape index (κ3) is 4.55. The molecule has 1 aliphatic rings. The molecule has 1 aliphatic heterocycles. The molecule has 2 aromatic rings. The zero-order valence-electron chi connectivity index (χ0n) is 12.3. The number of sulfone groups is 1. The lowest BCUT2D eigenvalue weighted by molar-refractivity contribution is -0.119. The number of hydrogen-bond donors (Lipinski definition) is 1. The molecule has 5 nitrogen and oxygen atoms in total. The van der Waals surface area contributed by atoms with E-state index in [2.05, 4.69) is 10.3 Å². The van der Waals surface area contributed by atoms with Gasteiger partial charge in [0.05, 0.1) is 23.0 Å². The van der Waals surface area contributed by atoms with Crippen LogP contribution in [0.4, 0.5) is 0 Å². The third-order valence-electron chi connectivity index (χ3n) is 3.48. The van der Waals surface area contributed by atoms with Crippen LogP contribution in [-0.2, 0) is 14.6 Å². The zero-order valence-corrected chi connectivity index (χ0v) is 14.7. The van der Waals surface area contributed by atoms with Crippen LogP contribution < -0.4 is 5.32 Å². The summed E-state index contributed by atoms with van der Waals surface area (Å²) in [6.07, 6.45) is 0.508. The first kappa shape index (κ1) is 16.5. The first-order chi connectivity index (χ1) is 11.0. The maximum Gasteiger partial charge on any atom is 0.230 e. The monoisotopic (exact) mass is 368 g/mol. The van der Waals surface area contributed by atoms with Crippen LogP contribution in [0.25, 0.3) is 11.3 Å². The van der Waals surface area contributed by atoms with E-state index in [0.29, 0.717) is 6.42 Å². The van der Waals surface area contributed by atoms with Crippen molar-refractivity contribution in [2.45, 2.75) is 16.8 Å². The van der Waals surface area contributed by atoms with E-state index >= 15 is 0 Å². The molecule has 0 radical (unpaired) electrons. The Morgan fingerprint density at radius 2 is 2.13 bits per heavy atom. The number of nitrogens with zero attached hydrogens (tertiary/aromatic N) is 1. The van der Waals surface area contributed by atoms with Crippen LogP contribution in [-0.4, -0.2) is 42.6 Å². The summed E-state index contributed by atoms with van der Waals surface area (Å²) in [6, 6.07) is 9.63. The van der Waals surface area contributed by atoms with Gasteiger partial charge in [-0.2, -0.15) is 0 Å². The highest BCUT2D eigenvalue weighted by Crippen LogP contribution is 2.28. The lowest BCUT2D eigenvalue weighted by Gasteiger charge is -2.09. The second kappa shape index (κ2) is 7.02. The van der Waals surface area contributed by atoms with Crippen LogP contribution in [0.15, 0.2) is 40.1 Å². The fraction of sp³-hybridized carbons (Fsp3) is 0.333. The maximum absolute atomic E-state index is 11.9. The van der Waals surface area contributed by atoms with Crippen LogP contribution in [0.3, 0.4) is 0 Å². The summed E-state index contributed by atoms with van der Waals surface area (Å²) in [7, 11) is -2.97. The van der Waals surface area contributed by atoms with Crippen molar-refractivity contribution in [1.82, 2.24) is 10.3 Å².